The summed E-state index contributed by atoms with van der Waals surface area (Å²) >= 11 is 0. The summed E-state index contributed by atoms with van der Waals surface area (Å²) < 4.78 is 2.02. The topological polar surface area (TPSA) is 50.1 Å². The van der Waals surface area contributed by atoms with Crippen LogP contribution in [0.15, 0.2) is 30.3 Å². The second-order valence-electron chi connectivity index (χ2n) is 7.40. The lowest BCUT2D eigenvalue weighted by Crippen LogP contribution is -2.48. The van der Waals surface area contributed by atoms with E-state index in [0.29, 0.717) is 0 Å². The number of benzene rings is 1. The second-order valence-corrected chi connectivity index (χ2v) is 7.40. The molecule has 1 aliphatic heterocycles. The third kappa shape index (κ3) is 3.75. The number of likely N-dealkylation sites (N-methyl/N-ethyl adjacent to an activating group) is 1. The van der Waals surface area contributed by atoms with Gasteiger partial charge in [-0.2, -0.15) is 0 Å². The molecule has 6 nitrogen and oxygen atoms in total. The molecule has 0 saturated carbocycles. The minimum Gasteiger partial charge on any atom is -0.301 e. The summed E-state index contributed by atoms with van der Waals surface area (Å²) in [7, 11) is 0. The first-order valence-corrected chi connectivity index (χ1v) is 9.37. The Morgan fingerprint density at radius 1 is 1.04 bits per heavy atom. The highest BCUT2D eigenvalue weighted by molar-refractivity contribution is 5.25. The van der Waals surface area contributed by atoms with Crippen molar-refractivity contribution in [1.82, 2.24) is 30.0 Å². The van der Waals surface area contributed by atoms with Crippen molar-refractivity contribution in [3.05, 3.63) is 41.7 Å². The van der Waals surface area contributed by atoms with E-state index < -0.39 is 0 Å². The highest BCUT2D eigenvalue weighted by Gasteiger charge is 2.33. The fourth-order valence-electron chi connectivity index (χ4n) is 3.44. The molecule has 3 rings (SSSR count). The van der Waals surface area contributed by atoms with E-state index >= 15 is 0 Å². The van der Waals surface area contributed by atoms with Crippen LogP contribution in [0.1, 0.15) is 51.5 Å². The summed E-state index contributed by atoms with van der Waals surface area (Å²) in [5.74, 6) is 0.947. The zero-order chi connectivity index (χ0) is 17.9. The van der Waals surface area contributed by atoms with Gasteiger partial charge in [0.2, 0.25) is 0 Å². The molecule has 1 fully saturated rings. The zero-order valence-corrected chi connectivity index (χ0v) is 15.9. The number of hydrogen-bond acceptors (Lipinski definition) is 5. The molecule has 6 heteroatoms. The van der Waals surface area contributed by atoms with Crippen molar-refractivity contribution >= 4 is 0 Å². The molecule has 1 aliphatic rings. The van der Waals surface area contributed by atoms with E-state index in [1.807, 2.05) is 4.68 Å². The van der Waals surface area contributed by atoms with Gasteiger partial charge in [0.1, 0.15) is 0 Å². The summed E-state index contributed by atoms with van der Waals surface area (Å²) in [6.07, 6.45) is 0.982. The van der Waals surface area contributed by atoms with Crippen LogP contribution in [0.25, 0.3) is 0 Å². The summed E-state index contributed by atoms with van der Waals surface area (Å²) in [5.41, 5.74) is 1.16. The van der Waals surface area contributed by atoms with E-state index in [9.17, 15) is 0 Å². The lowest BCUT2D eigenvalue weighted by atomic mass is 9.99. The Balaban J connectivity index is 1.98. The molecule has 25 heavy (non-hydrogen) atoms. The fourth-order valence-corrected chi connectivity index (χ4v) is 3.44. The van der Waals surface area contributed by atoms with Gasteiger partial charge in [-0.1, -0.05) is 44.2 Å². The summed E-state index contributed by atoms with van der Waals surface area (Å²) in [6, 6.07) is 10.7. The van der Waals surface area contributed by atoms with Gasteiger partial charge in [0.05, 0.1) is 11.6 Å². The molecule has 2 heterocycles. The average Bonchev–Trinajstić information content (AvgIpc) is 3.14. The van der Waals surface area contributed by atoms with Crippen LogP contribution in [0.2, 0.25) is 0 Å². The molecule has 136 valence electrons. The van der Waals surface area contributed by atoms with Gasteiger partial charge in [-0.15, -0.1) is 5.10 Å². The van der Waals surface area contributed by atoms with Crippen LogP contribution in [-0.4, -0.2) is 62.7 Å². The predicted molar refractivity (Wildman–Crippen MR) is 99.4 cm³/mol. The van der Waals surface area contributed by atoms with Crippen LogP contribution in [0, 0.1) is 0 Å². The SMILES string of the molecule is CCN1CCN([C@H](c2ccccc2)c2nnnn2C(C)(C)CC)CC1. The van der Waals surface area contributed by atoms with Crippen molar-refractivity contribution in [2.75, 3.05) is 32.7 Å². The first-order chi connectivity index (χ1) is 12.1. The molecule has 0 bridgehead atoms. The molecule has 1 atom stereocenters. The number of aromatic nitrogens is 4. The fraction of sp³-hybridized carbons (Fsp3) is 0.632. The first-order valence-electron chi connectivity index (χ1n) is 9.37. The maximum atomic E-state index is 4.47. The Kier molecular flexibility index (Phi) is 5.49. The van der Waals surface area contributed by atoms with Gasteiger partial charge in [-0.3, -0.25) is 4.90 Å². The normalized spacial score (nSPS) is 18.4. The molecule has 0 N–H and O–H groups in total. The van der Waals surface area contributed by atoms with Crippen LogP contribution in [0.4, 0.5) is 0 Å². The first kappa shape index (κ1) is 18.0. The van der Waals surface area contributed by atoms with E-state index in [4.69, 9.17) is 0 Å². The van der Waals surface area contributed by atoms with Gasteiger partial charge in [0, 0.05) is 26.2 Å². The van der Waals surface area contributed by atoms with Crippen molar-refractivity contribution in [2.24, 2.45) is 0 Å². The number of hydrogen-bond donors (Lipinski definition) is 0. The third-order valence-electron chi connectivity index (χ3n) is 5.51. The van der Waals surface area contributed by atoms with Crippen LogP contribution in [-0.2, 0) is 5.54 Å². The molecule has 1 aromatic heterocycles. The van der Waals surface area contributed by atoms with Crippen molar-refractivity contribution in [3.63, 3.8) is 0 Å². The molecule has 0 amide bonds. The molecular weight excluding hydrogens is 312 g/mol. The molecule has 2 aromatic rings. The Morgan fingerprint density at radius 2 is 1.72 bits per heavy atom. The van der Waals surface area contributed by atoms with E-state index in [2.05, 4.69) is 83.4 Å². The van der Waals surface area contributed by atoms with E-state index in [0.717, 1.165) is 45.0 Å². The third-order valence-corrected chi connectivity index (χ3v) is 5.51. The minimum atomic E-state index is -0.100. The molecule has 0 aliphatic carbocycles. The highest BCUT2D eigenvalue weighted by atomic mass is 15.6. The van der Waals surface area contributed by atoms with Gasteiger partial charge in [0.15, 0.2) is 5.82 Å². The number of tetrazole rings is 1. The maximum Gasteiger partial charge on any atom is 0.173 e. The zero-order valence-electron chi connectivity index (χ0n) is 15.9. The van der Waals surface area contributed by atoms with Crippen LogP contribution in [0.5, 0.6) is 0 Å². The van der Waals surface area contributed by atoms with E-state index in [-0.39, 0.29) is 11.6 Å². The second kappa shape index (κ2) is 7.62. The Morgan fingerprint density at radius 3 is 2.32 bits per heavy atom. The van der Waals surface area contributed by atoms with Crippen molar-refractivity contribution in [3.8, 4) is 0 Å². The Hall–Kier alpha value is -1.79. The monoisotopic (exact) mass is 342 g/mol. The lowest BCUT2D eigenvalue weighted by Gasteiger charge is -2.39. The molecule has 0 spiro atoms. The minimum absolute atomic E-state index is 0.0982. The molecular formula is C19H30N6. The summed E-state index contributed by atoms with van der Waals surface area (Å²) in [4.78, 5) is 5.02. The van der Waals surface area contributed by atoms with Gasteiger partial charge >= 0.3 is 0 Å². The summed E-state index contributed by atoms with van der Waals surface area (Å²) in [5, 5.41) is 12.9. The molecule has 0 unspecified atom stereocenters. The quantitative estimate of drug-likeness (QED) is 0.807. The van der Waals surface area contributed by atoms with Gasteiger partial charge in [0.25, 0.3) is 0 Å². The van der Waals surface area contributed by atoms with E-state index in [1.165, 1.54) is 5.56 Å². The van der Waals surface area contributed by atoms with Gasteiger partial charge in [-0.05, 0) is 42.8 Å². The Bertz CT molecular complexity index is 658. The maximum absolute atomic E-state index is 4.47. The standard InChI is InChI=1S/C19H30N6/c1-5-19(3,4)25-18(20-21-22-25)17(16-10-8-7-9-11-16)24-14-12-23(6-2)13-15-24/h7-11,17H,5-6,12-15H2,1-4H3/t17-/m1/s1. The van der Waals surface area contributed by atoms with Crippen LogP contribution in [0.3, 0.4) is 0 Å². The van der Waals surface area contributed by atoms with E-state index in [1.54, 1.807) is 0 Å². The van der Waals surface area contributed by atoms with Gasteiger partial charge in [-0.25, -0.2) is 4.68 Å². The predicted octanol–water partition coefficient (Wildman–Crippen LogP) is 2.55. The smallest absolute Gasteiger partial charge is 0.173 e. The number of nitrogens with zero attached hydrogens (tertiary/aromatic N) is 6. The van der Waals surface area contributed by atoms with Crippen LogP contribution < -0.4 is 0 Å². The molecule has 1 saturated heterocycles. The van der Waals surface area contributed by atoms with Crippen molar-refractivity contribution in [2.45, 2.75) is 45.7 Å². The Labute approximate surface area is 150 Å². The number of piperazine rings is 1. The van der Waals surface area contributed by atoms with Crippen molar-refractivity contribution in [1.29, 1.82) is 0 Å². The molecule has 1 aromatic carbocycles. The average molecular weight is 342 g/mol. The summed E-state index contributed by atoms with van der Waals surface area (Å²) in [6.45, 7) is 14.2. The van der Waals surface area contributed by atoms with Crippen LogP contribution >= 0.6 is 0 Å². The lowest BCUT2D eigenvalue weighted by molar-refractivity contribution is 0.105. The largest absolute Gasteiger partial charge is 0.301 e. The van der Waals surface area contributed by atoms with Gasteiger partial charge < -0.3 is 4.90 Å². The molecule has 0 radical (unpaired) electrons. The van der Waals surface area contributed by atoms with Crippen molar-refractivity contribution < 1.29 is 0 Å². The highest BCUT2D eigenvalue weighted by Crippen LogP contribution is 2.31. The number of rotatable bonds is 6.